The van der Waals surface area contributed by atoms with Crippen molar-refractivity contribution < 1.29 is 43.2 Å². The molecule has 1 fully saturated rings. The third-order valence-corrected chi connectivity index (χ3v) is 11.6. The van der Waals surface area contributed by atoms with Gasteiger partial charge in [0.1, 0.15) is 36.3 Å². The third kappa shape index (κ3) is 25.8. The molecule has 24 heteroatoms. The van der Waals surface area contributed by atoms with Gasteiger partial charge in [-0.15, -0.1) is 0 Å². The number of amides is 9. The first-order valence-corrected chi connectivity index (χ1v) is 25.4. The van der Waals surface area contributed by atoms with E-state index in [2.05, 4.69) is 77.6 Å². The molecular formula is C51H81N15O9. The Hall–Kier alpha value is -7.60. The van der Waals surface area contributed by atoms with Crippen LogP contribution in [0.3, 0.4) is 0 Å². The number of primary amides is 1. The lowest BCUT2D eigenvalue weighted by Gasteiger charge is -2.27. The molecule has 0 bridgehead atoms. The summed E-state index contributed by atoms with van der Waals surface area (Å²) in [5.41, 5.74) is 30.2. The molecule has 9 amide bonds. The lowest BCUT2D eigenvalue weighted by Crippen LogP contribution is -2.60. The fourth-order valence-electron chi connectivity index (χ4n) is 7.44. The zero-order valence-corrected chi connectivity index (χ0v) is 43.8. The third-order valence-electron chi connectivity index (χ3n) is 11.6. The number of fused-ring (bicyclic) bond motifs is 1. The summed E-state index contributed by atoms with van der Waals surface area (Å²) >= 11 is 0. The molecule has 3 aromatic rings. The minimum Gasteiger partial charge on any atom is -0.370 e. The molecule has 6 atom stereocenters. The Kier molecular flexibility index (Phi) is 30.1. The highest BCUT2D eigenvalue weighted by atomic mass is 16.2. The molecule has 2 aromatic carbocycles. The average molecular weight is 1050 g/mol. The second kappa shape index (κ2) is 35.5. The van der Waals surface area contributed by atoms with Gasteiger partial charge >= 0.3 is 0 Å². The maximum atomic E-state index is 14.1. The summed E-state index contributed by atoms with van der Waals surface area (Å²) in [4.78, 5) is 125. The molecule has 19 N–H and O–H groups in total. The fourth-order valence-corrected chi connectivity index (χ4v) is 7.44. The second-order valence-electron chi connectivity index (χ2n) is 18.0. The predicted molar refractivity (Wildman–Crippen MR) is 287 cm³/mol. The van der Waals surface area contributed by atoms with Crippen LogP contribution < -0.4 is 71.2 Å². The normalized spacial score (nSPS) is 20.3. The van der Waals surface area contributed by atoms with Crippen molar-refractivity contribution in [3.8, 4) is 0 Å². The number of aliphatic imine (C=N–C) groups is 1. The standard InChI is InChI=1S/C38H61N11O9.C9H9N.C4H11N3/c1-23-34(54)46-26(33(41)53)14-8-11-19-42-31(51)21-30(45-32(52)22-43-24(2)50)38(58)48-28(16-7-10-18-40)36(56)49-29(20-25-12-4-3-5-13-25)37(57)47-27(35(55)44-23)15-6-9-17-39;1-7-6-10-9-5-3-2-4-8(7)9;1-2-3-7-4(5)6/h3-5,12-13,23,26-30H,6-11,14-22,39-40H2,1-2H3,(H2,41,53)(H,42,51)(H,43,50)(H,44,55)(H,45,52)(H,46,54)(H,47,57)(H,48,58)(H,49,56);2-6,10H,1H3;2-3H2,1H3,(H4,5,6,7)/t23-,26?,27-,28-,29?,30?;;/m0../s1. The van der Waals surface area contributed by atoms with Gasteiger partial charge in [-0.1, -0.05) is 55.5 Å². The number of para-hydroxylation sites is 1. The van der Waals surface area contributed by atoms with Gasteiger partial charge in [0.05, 0.1) is 13.0 Å². The first-order chi connectivity index (χ1) is 35.8. The fraction of sp³-hybridized carbons (Fsp3) is 0.529. The number of guanidine groups is 1. The number of hydrogen-bond acceptors (Lipinski definition) is 12. The molecular weight excluding hydrogens is 967 g/mol. The van der Waals surface area contributed by atoms with Gasteiger partial charge in [-0.2, -0.15) is 0 Å². The van der Waals surface area contributed by atoms with E-state index < -0.39 is 102 Å². The van der Waals surface area contributed by atoms with Crippen LogP contribution in [-0.2, 0) is 49.6 Å². The maximum Gasteiger partial charge on any atom is 0.243 e. The summed E-state index contributed by atoms with van der Waals surface area (Å²) < 4.78 is 0. The van der Waals surface area contributed by atoms with Crippen LogP contribution in [-0.4, -0.2) is 133 Å². The SMILES string of the molecule is CC(=O)NCC(=O)NC1CC(=O)NCCCCC(C(N)=O)NC(=O)[C@H](C)NC(=O)[C@H](CCCCN)NC(=O)C(Cc2ccccc2)NC(=O)[C@H](CCCCN)NC1=O.CCCN=C(N)N.Cc1c[nH]c2ccccc12. The van der Waals surface area contributed by atoms with Crippen LogP contribution in [0.5, 0.6) is 0 Å². The summed E-state index contributed by atoms with van der Waals surface area (Å²) in [6.07, 6.45) is 5.28. The average Bonchev–Trinajstić information content (AvgIpc) is 3.76. The van der Waals surface area contributed by atoms with E-state index in [-0.39, 0.29) is 38.2 Å². The Bertz CT molecular complexity index is 2320. The first-order valence-electron chi connectivity index (χ1n) is 25.4. The number of unbranched alkanes of at least 4 members (excludes halogenated alkanes) is 2. The zero-order chi connectivity index (χ0) is 55.7. The van der Waals surface area contributed by atoms with Gasteiger partial charge in [0, 0.05) is 43.5 Å². The summed E-state index contributed by atoms with van der Waals surface area (Å²) in [7, 11) is 0. The highest BCUT2D eigenvalue weighted by Crippen LogP contribution is 2.16. The number of aromatic nitrogens is 1. The molecule has 414 valence electrons. The summed E-state index contributed by atoms with van der Waals surface area (Å²) in [6, 6.07) is 9.65. The highest BCUT2D eigenvalue weighted by molar-refractivity contribution is 5.98. The molecule has 1 aliphatic heterocycles. The Balaban J connectivity index is 0.000000944. The van der Waals surface area contributed by atoms with Gasteiger partial charge in [-0.3, -0.25) is 48.1 Å². The Morgan fingerprint density at radius 1 is 0.720 bits per heavy atom. The van der Waals surface area contributed by atoms with Crippen LogP contribution in [0.25, 0.3) is 10.9 Å². The molecule has 1 aliphatic rings. The van der Waals surface area contributed by atoms with Crippen LogP contribution in [0.2, 0.25) is 0 Å². The number of rotatable bonds is 16. The highest BCUT2D eigenvalue weighted by Gasteiger charge is 2.33. The number of aryl methyl sites for hydroxylation is 1. The van der Waals surface area contributed by atoms with Gasteiger partial charge in [-0.25, -0.2) is 0 Å². The van der Waals surface area contributed by atoms with E-state index in [9.17, 15) is 43.2 Å². The number of aromatic amines is 1. The second-order valence-corrected chi connectivity index (χ2v) is 18.0. The van der Waals surface area contributed by atoms with Gasteiger partial charge in [-0.05, 0) is 108 Å². The lowest BCUT2D eigenvalue weighted by molar-refractivity contribution is -0.136. The van der Waals surface area contributed by atoms with Crippen LogP contribution in [0, 0.1) is 6.92 Å². The lowest BCUT2D eigenvalue weighted by atomic mass is 10.0. The Morgan fingerprint density at radius 3 is 1.88 bits per heavy atom. The number of hydrogen-bond donors (Lipinski definition) is 14. The summed E-state index contributed by atoms with van der Waals surface area (Å²) in [5, 5.41) is 21.9. The van der Waals surface area contributed by atoms with Crippen molar-refractivity contribution in [1.82, 2.24) is 47.5 Å². The van der Waals surface area contributed by atoms with Crippen LogP contribution in [0.1, 0.15) is 103 Å². The smallest absolute Gasteiger partial charge is 0.243 e. The Morgan fingerprint density at radius 2 is 1.31 bits per heavy atom. The number of nitrogens with one attached hydrogen (secondary N) is 9. The number of carbonyl (C=O) groups is 9. The first kappa shape index (κ1) is 63.5. The molecule has 24 nitrogen and oxygen atoms in total. The van der Waals surface area contributed by atoms with E-state index in [1.807, 2.05) is 19.2 Å². The topological polar surface area (TPSA) is 408 Å². The van der Waals surface area contributed by atoms with Gasteiger partial charge in [0.25, 0.3) is 0 Å². The molecule has 3 unspecified atom stereocenters. The van der Waals surface area contributed by atoms with Crippen molar-refractivity contribution in [1.29, 1.82) is 0 Å². The van der Waals surface area contributed by atoms with Crippen molar-refractivity contribution in [3.05, 3.63) is 71.9 Å². The van der Waals surface area contributed by atoms with Crippen molar-refractivity contribution in [3.63, 3.8) is 0 Å². The van der Waals surface area contributed by atoms with Crippen LogP contribution in [0.15, 0.2) is 65.8 Å². The monoisotopic (exact) mass is 1050 g/mol. The summed E-state index contributed by atoms with van der Waals surface area (Å²) in [5.74, 6) is -6.31. The van der Waals surface area contributed by atoms with E-state index in [0.717, 1.165) is 13.0 Å². The molecule has 0 aliphatic carbocycles. The van der Waals surface area contributed by atoms with E-state index in [1.54, 1.807) is 30.3 Å². The molecule has 0 saturated carbocycles. The van der Waals surface area contributed by atoms with E-state index >= 15 is 0 Å². The van der Waals surface area contributed by atoms with Crippen molar-refractivity contribution in [2.24, 2.45) is 33.7 Å². The number of H-pyrrole nitrogens is 1. The number of carbonyl (C=O) groups excluding carboxylic acids is 9. The minimum atomic E-state index is -1.49. The van der Waals surface area contributed by atoms with Crippen molar-refractivity contribution in [2.45, 2.75) is 141 Å². The van der Waals surface area contributed by atoms with E-state index in [4.69, 9.17) is 28.7 Å². The van der Waals surface area contributed by atoms with Crippen LogP contribution >= 0.6 is 0 Å². The maximum absolute atomic E-state index is 14.1. The van der Waals surface area contributed by atoms with E-state index in [0.29, 0.717) is 57.2 Å². The molecule has 75 heavy (non-hydrogen) atoms. The zero-order valence-electron chi connectivity index (χ0n) is 43.8. The minimum absolute atomic E-state index is 0.0195. The van der Waals surface area contributed by atoms with Crippen LogP contribution in [0.4, 0.5) is 0 Å². The molecule has 0 spiro atoms. The number of nitrogens with zero attached hydrogens (tertiary/aromatic N) is 1. The predicted octanol–water partition coefficient (Wildman–Crippen LogP) is -1.13. The molecule has 1 saturated heterocycles. The molecule has 0 radical (unpaired) electrons. The molecule has 4 rings (SSSR count). The molecule has 1 aromatic heterocycles. The number of nitrogens with two attached hydrogens (primary N) is 5. The number of benzene rings is 2. The van der Waals surface area contributed by atoms with Gasteiger partial charge in [0.2, 0.25) is 53.2 Å². The summed E-state index contributed by atoms with van der Waals surface area (Å²) in [6.45, 7) is 7.70. The van der Waals surface area contributed by atoms with E-state index in [1.165, 1.54) is 30.3 Å². The Labute approximate surface area is 438 Å². The largest absolute Gasteiger partial charge is 0.370 e. The van der Waals surface area contributed by atoms with Gasteiger partial charge < -0.3 is 76.2 Å². The molecule has 2 heterocycles. The van der Waals surface area contributed by atoms with Crippen molar-refractivity contribution >= 4 is 70.0 Å². The quantitative estimate of drug-likeness (QED) is 0.0460. The van der Waals surface area contributed by atoms with Gasteiger partial charge in [0.15, 0.2) is 5.96 Å². The van der Waals surface area contributed by atoms with Crippen molar-refractivity contribution in [2.75, 3.05) is 32.7 Å².